The minimum absolute atomic E-state index is 0.152. The molecule has 11 heavy (non-hydrogen) atoms. The van der Waals surface area contributed by atoms with Gasteiger partial charge in [-0.05, 0) is 6.92 Å². The molecule has 0 bridgehead atoms. The van der Waals surface area contributed by atoms with Gasteiger partial charge < -0.3 is 16.2 Å². The summed E-state index contributed by atoms with van der Waals surface area (Å²) in [4.78, 5) is 11.0. The molecule has 0 aromatic rings. The highest BCUT2D eigenvalue weighted by Crippen LogP contribution is 2.12. The van der Waals surface area contributed by atoms with Crippen LogP contribution in [0.4, 0.5) is 0 Å². The van der Waals surface area contributed by atoms with Gasteiger partial charge in [-0.2, -0.15) is 12.6 Å². The quantitative estimate of drug-likeness (QED) is 0.386. The van der Waals surface area contributed by atoms with Gasteiger partial charge in [-0.15, -0.1) is 0 Å². The van der Waals surface area contributed by atoms with E-state index in [-0.39, 0.29) is 13.2 Å². The summed E-state index contributed by atoms with van der Waals surface area (Å²) >= 11 is 4.01. The number of thiol groups is 1. The molecule has 1 atom stereocenters. The average molecular weight is 178 g/mol. The van der Waals surface area contributed by atoms with E-state index in [0.29, 0.717) is 6.54 Å². The third kappa shape index (κ3) is 3.60. The fourth-order valence-electron chi connectivity index (χ4n) is 0.390. The van der Waals surface area contributed by atoms with Gasteiger partial charge in [0.1, 0.15) is 11.4 Å². The first kappa shape index (κ1) is 10.7. The number of nitrogens with two attached hydrogens (primary N) is 2. The number of hydrogen-bond acceptors (Lipinski definition) is 5. The van der Waals surface area contributed by atoms with E-state index in [9.17, 15) is 4.79 Å². The Morgan fingerprint density at radius 2 is 2.18 bits per heavy atom. The minimum Gasteiger partial charge on any atom is -0.463 e. The standard InChI is InChI=1S/C6H14N2O2S/c1-6(11,4-8)5(9)10-3-2-7/h11H,2-4,7-8H2,1H3. The summed E-state index contributed by atoms with van der Waals surface area (Å²) in [7, 11) is 0. The lowest BCUT2D eigenvalue weighted by atomic mass is 10.2. The van der Waals surface area contributed by atoms with Crippen molar-refractivity contribution in [1.29, 1.82) is 0 Å². The Morgan fingerprint density at radius 1 is 1.64 bits per heavy atom. The molecule has 4 N–H and O–H groups in total. The first-order chi connectivity index (χ1) is 5.04. The highest BCUT2D eigenvalue weighted by Gasteiger charge is 2.28. The van der Waals surface area contributed by atoms with Gasteiger partial charge in [0.25, 0.3) is 0 Å². The molecule has 5 heteroatoms. The first-order valence-corrected chi connectivity index (χ1v) is 3.79. The lowest BCUT2D eigenvalue weighted by Gasteiger charge is -2.18. The topological polar surface area (TPSA) is 78.3 Å². The number of ether oxygens (including phenoxy) is 1. The van der Waals surface area contributed by atoms with Crippen LogP contribution in [-0.4, -0.2) is 30.4 Å². The van der Waals surface area contributed by atoms with Crippen LogP contribution in [0, 0.1) is 0 Å². The van der Waals surface area contributed by atoms with Crippen molar-refractivity contribution >= 4 is 18.6 Å². The van der Waals surface area contributed by atoms with Gasteiger partial charge in [-0.25, -0.2) is 0 Å². The Labute approximate surface area is 71.7 Å². The molecule has 0 fully saturated rings. The number of hydrogen-bond donors (Lipinski definition) is 3. The normalized spacial score (nSPS) is 15.6. The van der Waals surface area contributed by atoms with E-state index in [1.165, 1.54) is 0 Å². The molecular formula is C6H14N2O2S. The summed E-state index contributed by atoms with van der Waals surface area (Å²) in [5, 5.41) is 0. The van der Waals surface area contributed by atoms with Crippen molar-refractivity contribution in [3.63, 3.8) is 0 Å². The van der Waals surface area contributed by atoms with Gasteiger partial charge in [-0.1, -0.05) is 0 Å². The smallest absolute Gasteiger partial charge is 0.323 e. The second-order valence-electron chi connectivity index (χ2n) is 2.40. The van der Waals surface area contributed by atoms with Gasteiger partial charge in [0, 0.05) is 13.1 Å². The zero-order valence-electron chi connectivity index (χ0n) is 6.54. The number of rotatable bonds is 4. The summed E-state index contributed by atoms with van der Waals surface area (Å²) in [5.41, 5.74) is 10.4. The summed E-state index contributed by atoms with van der Waals surface area (Å²) in [5.74, 6) is -0.422. The first-order valence-electron chi connectivity index (χ1n) is 3.34. The highest BCUT2D eigenvalue weighted by molar-refractivity contribution is 7.82. The molecule has 0 rings (SSSR count). The predicted octanol–water partition coefficient (Wildman–Crippen LogP) is -0.864. The SMILES string of the molecule is CC(S)(CN)C(=O)OCCN. The average Bonchev–Trinajstić information content (AvgIpc) is 2.00. The van der Waals surface area contributed by atoms with Crippen molar-refractivity contribution in [2.75, 3.05) is 19.7 Å². The molecule has 0 aliphatic rings. The summed E-state index contributed by atoms with van der Waals surface area (Å²) in [6.45, 7) is 2.30. The summed E-state index contributed by atoms with van der Waals surface area (Å²) in [6, 6.07) is 0. The third-order valence-electron chi connectivity index (χ3n) is 1.19. The largest absolute Gasteiger partial charge is 0.463 e. The zero-order valence-corrected chi connectivity index (χ0v) is 7.43. The molecule has 4 nitrogen and oxygen atoms in total. The van der Waals surface area contributed by atoms with Crippen LogP contribution < -0.4 is 11.5 Å². The zero-order chi connectivity index (χ0) is 8.91. The van der Waals surface area contributed by atoms with E-state index in [1.807, 2.05) is 0 Å². The van der Waals surface area contributed by atoms with Crippen molar-refractivity contribution in [1.82, 2.24) is 0 Å². The van der Waals surface area contributed by atoms with Gasteiger partial charge in [0.2, 0.25) is 0 Å². The van der Waals surface area contributed by atoms with Crippen molar-refractivity contribution < 1.29 is 9.53 Å². The maximum absolute atomic E-state index is 11.0. The van der Waals surface area contributed by atoms with E-state index in [1.54, 1.807) is 6.92 Å². The molecule has 0 radical (unpaired) electrons. The Bertz CT molecular complexity index is 139. The van der Waals surface area contributed by atoms with Crippen LogP contribution in [0.25, 0.3) is 0 Å². The molecule has 0 spiro atoms. The number of esters is 1. The number of carbonyl (C=O) groups excluding carboxylic acids is 1. The van der Waals surface area contributed by atoms with Crippen LogP contribution >= 0.6 is 12.6 Å². The van der Waals surface area contributed by atoms with Crippen molar-refractivity contribution in [3.05, 3.63) is 0 Å². The van der Waals surface area contributed by atoms with Crippen LogP contribution in [0.3, 0.4) is 0 Å². The third-order valence-corrected chi connectivity index (χ3v) is 1.55. The second kappa shape index (κ2) is 4.58. The Kier molecular flexibility index (Phi) is 4.48. The molecule has 66 valence electrons. The van der Waals surface area contributed by atoms with Crippen LogP contribution in [0.2, 0.25) is 0 Å². The molecule has 0 saturated heterocycles. The summed E-state index contributed by atoms with van der Waals surface area (Å²) in [6.07, 6.45) is 0. The summed E-state index contributed by atoms with van der Waals surface area (Å²) < 4.78 is 3.83. The number of carbonyl (C=O) groups is 1. The molecule has 0 saturated carbocycles. The molecule has 0 aromatic heterocycles. The second-order valence-corrected chi connectivity index (χ2v) is 3.39. The molecule has 0 aliphatic heterocycles. The van der Waals surface area contributed by atoms with Crippen LogP contribution in [0.15, 0.2) is 0 Å². The van der Waals surface area contributed by atoms with E-state index < -0.39 is 10.7 Å². The lowest BCUT2D eigenvalue weighted by molar-refractivity contribution is -0.145. The van der Waals surface area contributed by atoms with Crippen molar-refractivity contribution in [2.45, 2.75) is 11.7 Å². The molecule has 0 amide bonds. The van der Waals surface area contributed by atoms with Gasteiger partial charge >= 0.3 is 5.97 Å². The van der Waals surface area contributed by atoms with E-state index in [0.717, 1.165) is 0 Å². The van der Waals surface area contributed by atoms with E-state index >= 15 is 0 Å². The lowest BCUT2D eigenvalue weighted by Crippen LogP contribution is -2.39. The van der Waals surface area contributed by atoms with Gasteiger partial charge in [0.15, 0.2) is 0 Å². The Hall–Kier alpha value is -0.260. The maximum atomic E-state index is 11.0. The monoisotopic (exact) mass is 178 g/mol. The van der Waals surface area contributed by atoms with Gasteiger partial charge in [-0.3, -0.25) is 4.79 Å². The van der Waals surface area contributed by atoms with Crippen molar-refractivity contribution in [3.8, 4) is 0 Å². The Balaban J connectivity index is 3.82. The molecule has 1 unspecified atom stereocenters. The maximum Gasteiger partial charge on any atom is 0.323 e. The molecule has 0 heterocycles. The molecular weight excluding hydrogens is 164 g/mol. The van der Waals surface area contributed by atoms with Crippen LogP contribution in [0.5, 0.6) is 0 Å². The van der Waals surface area contributed by atoms with Crippen LogP contribution in [-0.2, 0) is 9.53 Å². The fraction of sp³-hybridized carbons (Fsp3) is 0.833. The molecule has 0 aliphatic carbocycles. The van der Waals surface area contributed by atoms with Crippen molar-refractivity contribution in [2.24, 2.45) is 11.5 Å². The Morgan fingerprint density at radius 3 is 2.55 bits per heavy atom. The van der Waals surface area contributed by atoms with Crippen LogP contribution in [0.1, 0.15) is 6.92 Å². The van der Waals surface area contributed by atoms with Gasteiger partial charge in [0.05, 0.1) is 0 Å². The van der Waals surface area contributed by atoms with E-state index in [4.69, 9.17) is 16.2 Å². The predicted molar refractivity (Wildman–Crippen MR) is 46.5 cm³/mol. The highest BCUT2D eigenvalue weighted by atomic mass is 32.1. The fourth-order valence-corrected chi connectivity index (χ4v) is 0.455. The molecule has 0 aromatic carbocycles. The minimum atomic E-state index is -0.894. The van der Waals surface area contributed by atoms with E-state index in [2.05, 4.69) is 12.6 Å².